The van der Waals surface area contributed by atoms with E-state index in [2.05, 4.69) is 4.98 Å². The molecule has 4 rings (SSSR count). The van der Waals surface area contributed by atoms with Crippen LogP contribution in [-0.2, 0) is 11.3 Å². The van der Waals surface area contributed by atoms with Gasteiger partial charge in [0.15, 0.2) is 5.43 Å². The lowest BCUT2D eigenvalue weighted by Gasteiger charge is -2.16. The topological polar surface area (TPSA) is 72.2 Å². The molecule has 0 aliphatic rings. The summed E-state index contributed by atoms with van der Waals surface area (Å²) in [4.78, 5) is 28.6. The quantitative estimate of drug-likeness (QED) is 0.511. The minimum absolute atomic E-state index is 0.154. The van der Waals surface area contributed by atoms with Gasteiger partial charge in [0, 0.05) is 28.7 Å². The van der Waals surface area contributed by atoms with Crippen molar-refractivity contribution in [3.8, 4) is 11.1 Å². The molecule has 1 N–H and O–H groups in total. The average molecular weight is 399 g/mol. The lowest BCUT2D eigenvalue weighted by molar-refractivity contribution is -0.137. The molecule has 0 amide bonds. The highest BCUT2D eigenvalue weighted by molar-refractivity contribution is 6.45. The standard InChI is InChI=1S/C20H12Cl2N2O3/c21-15-6-5-14-19(18(15)22)24(10-17(25)26)16-8-11(3-4-13(16)20(14)27)12-2-1-7-23-9-12/h1-9H,10H2,(H,25,26). The molecule has 0 aliphatic heterocycles. The van der Waals surface area contributed by atoms with Crippen molar-refractivity contribution in [2.24, 2.45) is 0 Å². The van der Waals surface area contributed by atoms with Crippen LogP contribution in [0.3, 0.4) is 0 Å². The van der Waals surface area contributed by atoms with Crippen LogP contribution in [0.2, 0.25) is 10.0 Å². The monoisotopic (exact) mass is 398 g/mol. The van der Waals surface area contributed by atoms with Gasteiger partial charge in [0.05, 0.1) is 21.1 Å². The molecule has 0 aliphatic carbocycles. The van der Waals surface area contributed by atoms with E-state index < -0.39 is 5.97 Å². The molecule has 0 fully saturated rings. The van der Waals surface area contributed by atoms with E-state index in [1.165, 1.54) is 10.6 Å². The van der Waals surface area contributed by atoms with Gasteiger partial charge in [0.2, 0.25) is 0 Å². The van der Waals surface area contributed by atoms with Crippen molar-refractivity contribution < 1.29 is 9.90 Å². The third-order valence-corrected chi connectivity index (χ3v) is 5.20. The Labute approximate surface area is 163 Å². The van der Waals surface area contributed by atoms with Gasteiger partial charge in [-0.2, -0.15) is 0 Å². The van der Waals surface area contributed by atoms with Gasteiger partial charge >= 0.3 is 5.97 Å². The Hall–Kier alpha value is -2.89. The molecule has 4 aromatic rings. The molecule has 0 atom stereocenters. The smallest absolute Gasteiger partial charge is 0.323 e. The number of hydrogen-bond acceptors (Lipinski definition) is 3. The molecule has 5 nitrogen and oxygen atoms in total. The van der Waals surface area contributed by atoms with Crippen LogP contribution in [0.15, 0.2) is 59.7 Å². The molecule has 7 heteroatoms. The van der Waals surface area contributed by atoms with Crippen LogP contribution in [0.5, 0.6) is 0 Å². The Kier molecular flexibility index (Phi) is 4.34. The molecule has 0 unspecified atom stereocenters. The predicted molar refractivity (Wildman–Crippen MR) is 107 cm³/mol. The Bertz CT molecular complexity index is 1270. The van der Waals surface area contributed by atoms with E-state index >= 15 is 0 Å². The third-order valence-electron chi connectivity index (χ3n) is 4.40. The maximum atomic E-state index is 13.0. The van der Waals surface area contributed by atoms with Gasteiger partial charge in [0.1, 0.15) is 6.54 Å². The number of halogens is 2. The minimum atomic E-state index is -1.05. The number of hydrogen-bond donors (Lipinski definition) is 1. The van der Waals surface area contributed by atoms with E-state index in [0.29, 0.717) is 21.8 Å². The largest absolute Gasteiger partial charge is 0.480 e. The fourth-order valence-electron chi connectivity index (χ4n) is 3.21. The van der Waals surface area contributed by atoms with Crippen LogP contribution in [-0.4, -0.2) is 20.6 Å². The molecule has 0 bridgehead atoms. The van der Waals surface area contributed by atoms with Crippen LogP contribution < -0.4 is 5.43 Å². The van der Waals surface area contributed by atoms with Crippen LogP contribution in [0.1, 0.15) is 0 Å². The van der Waals surface area contributed by atoms with E-state index in [-0.39, 0.29) is 22.0 Å². The molecule has 0 saturated heterocycles. The number of carboxylic acids is 1. The second-order valence-corrected chi connectivity index (χ2v) is 6.83. The van der Waals surface area contributed by atoms with Crippen molar-refractivity contribution in [1.29, 1.82) is 0 Å². The first kappa shape index (κ1) is 17.5. The summed E-state index contributed by atoms with van der Waals surface area (Å²) in [5.41, 5.74) is 2.23. The highest BCUT2D eigenvalue weighted by Gasteiger charge is 2.17. The number of aliphatic carboxylic acids is 1. The normalized spacial score (nSPS) is 11.2. The van der Waals surface area contributed by atoms with E-state index in [4.69, 9.17) is 23.2 Å². The number of carbonyl (C=O) groups is 1. The summed E-state index contributed by atoms with van der Waals surface area (Å²) in [5, 5.41) is 10.6. The molecule has 2 aromatic heterocycles. The summed E-state index contributed by atoms with van der Waals surface area (Å²) in [6.45, 7) is -0.357. The van der Waals surface area contributed by atoms with Crippen molar-refractivity contribution in [2.45, 2.75) is 6.54 Å². The van der Waals surface area contributed by atoms with Gasteiger partial charge in [-0.3, -0.25) is 14.6 Å². The number of fused-ring (bicyclic) bond motifs is 2. The fraction of sp³-hybridized carbons (Fsp3) is 0.0500. The number of nitrogens with zero attached hydrogens (tertiary/aromatic N) is 2. The van der Waals surface area contributed by atoms with Crippen molar-refractivity contribution in [1.82, 2.24) is 9.55 Å². The summed E-state index contributed by atoms with van der Waals surface area (Å²) in [5.74, 6) is -1.05. The number of benzene rings is 2. The van der Waals surface area contributed by atoms with Crippen LogP contribution in [0.4, 0.5) is 0 Å². The van der Waals surface area contributed by atoms with E-state index in [0.717, 1.165) is 11.1 Å². The zero-order valence-electron chi connectivity index (χ0n) is 13.8. The number of rotatable bonds is 3. The summed E-state index contributed by atoms with van der Waals surface area (Å²) in [7, 11) is 0. The number of pyridine rings is 2. The van der Waals surface area contributed by atoms with Gasteiger partial charge < -0.3 is 9.67 Å². The van der Waals surface area contributed by atoms with E-state index in [9.17, 15) is 14.7 Å². The van der Waals surface area contributed by atoms with Crippen molar-refractivity contribution in [3.05, 3.63) is 75.1 Å². The Morgan fingerprint density at radius 3 is 2.56 bits per heavy atom. The van der Waals surface area contributed by atoms with E-state index in [1.807, 2.05) is 12.1 Å². The summed E-state index contributed by atoms with van der Waals surface area (Å²) in [6, 6.07) is 12.1. The molecule has 2 aromatic carbocycles. The first-order chi connectivity index (χ1) is 13.0. The Morgan fingerprint density at radius 1 is 1.07 bits per heavy atom. The first-order valence-electron chi connectivity index (χ1n) is 8.04. The number of aromatic nitrogens is 2. The minimum Gasteiger partial charge on any atom is -0.480 e. The van der Waals surface area contributed by atoms with Gasteiger partial charge in [-0.05, 0) is 35.9 Å². The molecular formula is C20H12Cl2N2O3. The van der Waals surface area contributed by atoms with Crippen molar-refractivity contribution in [3.63, 3.8) is 0 Å². The van der Waals surface area contributed by atoms with Crippen LogP contribution >= 0.6 is 23.2 Å². The second kappa shape index (κ2) is 6.68. The predicted octanol–water partition coefficient (Wildman–Crippen LogP) is 4.61. The highest BCUT2D eigenvalue weighted by Crippen LogP contribution is 2.32. The van der Waals surface area contributed by atoms with Gasteiger partial charge in [-0.1, -0.05) is 35.3 Å². The molecule has 0 spiro atoms. The van der Waals surface area contributed by atoms with Gasteiger partial charge in [0.25, 0.3) is 0 Å². The lowest BCUT2D eigenvalue weighted by atomic mass is 10.0. The Balaban J connectivity index is 2.17. The Morgan fingerprint density at radius 2 is 1.85 bits per heavy atom. The SMILES string of the molecule is O=C(O)Cn1c2cc(-c3cccnc3)ccc2c(=O)c2ccc(Cl)c(Cl)c21. The molecule has 27 heavy (non-hydrogen) atoms. The molecular weight excluding hydrogens is 387 g/mol. The maximum Gasteiger partial charge on any atom is 0.323 e. The third kappa shape index (κ3) is 2.95. The zero-order chi connectivity index (χ0) is 19.1. The molecule has 2 heterocycles. The van der Waals surface area contributed by atoms with E-state index in [1.54, 1.807) is 36.7 Å². The second-order valence-electron chi connectivity index (χ2n) is 6.04. The molecule has 0 radical (unpaired) electrons. The van der Waals surface area contributed by atoms with Crippen molar-refractivity contribution >= 4 is 51.0 Å². The summed E-state index contributed by atoms with van der Waals surface area (Å²) in [6.07, 6.45) is 3.37. The number of carboxylic acid groups (broad SMARTS) is 1. The average Bonchev–Trinajstić information content (AvgIpc) is 2.67. The van der Waals surface area contributed by atoms with Gasteiger partial charge in [-0.15, -0.1) is 0 Å². The summed E-state index contributed by atoms with van der Waals surface area (Å²) < 4.78 is 1.52. The fourth-order valence-corrected chi connectivity index (χ4v) is 3.63. The van der Waals surface area contributed by atoms with Crippen LogP contribution in [0, 0.1) is 0 Å². The van der Waals surface area contributed by atoms with Crippen LogP contribution in [0.25, 0.3) is 32.9 Å². The van der Waals surface area contributed by atoms with Gasteiger partial charge in [-0.25, -0.2) is 0 Å². The molecule has 134 valence electrons. The van der Waals surface area contributed by atoms with Crippen molar-refractivity contribution in [2.75, 3.05) is 0 Å². The molecule has 0 saturated carbocycles. The highest BCUT2D eigenvalue weighted by atomic mass is 35.5. The maximum absolute atomic E-state index is 13.0. The zero-order valence-corrected chi connectivity index (χ0v) is 15.3. The first-order valence-corrected chi connectivity index (χ1v) is 8.79. The summed E-state index contributed by atoms with van der Waals surface area (Å²) >= 11 is 12.5. The lowest BCUT2D eigenvalue weighted by Crippen LogP contribution is -2.16.